The van der Waals surface area contributed by atoms with Gasteiger partial charge in [-0.15, -0.1) is 0 Å². The van der Waals surface area contributed by atoms with Crippen LogP contribution in [0, 0.1) is 0 Å². The van der Waals surface area contributed by atoms with Crippen LogP contribution in [-0.4, -0.2) is 29.8 Å². The lowest BCUT2D eigenvalue weighted by Gasteiger charge is -1.99. The third-order valence-corrected chi connectivity index (χ3v) is 1.38. The average molecular weight is 133 g/mol. The Morgan fingerprint density at radius 1 is 1.78 bits per heavy atom. The molecule has 0 radical (unpaired) electrons. The smallest absolute Gasteiger partial charge is 0.320 e. The number of rotatable bonds is 1. The molecule has 4 heteroatoms. The fraction of sp³-hybridized carbons (Fsp3) is 0.800. The zero-order valence-corrected chi connectivity index (χ0v) is 4.80. The predicted molar refractivity (Wildman–Crippen MR) is 28.9 cm³/mol. The van der Waals surface area contributed by atoms with E-state index in [0.717, 1.165) is 0 Å². The van der Waals surface area contributed by atoms with Crippen LogP contribution < -0.4 is 5.32 Å². The molecule has 9 heavy (non-hydrogen) atoms. The van der Waals surface area contributed by atoms with Gasteiger partial charge in [0.05, 0.1) is 0 Å². The van der Waals surface area contributed by atoms with E-state index in [4.69, 9.17) is 5.11 Å². The molecule has 2 N–H and O–H groups in total. The summed E-state index contributed by atoms with van der Waals surface area (Å²) in [5, 5.41) is 10.8. The van der Waals surface area contributed by atoms with Gasteiger partial charge in [0, 0.05) is 13.0 Å². The van der Waals surface area contributed by atoms with Gasteiger partial charge in [-0.05, 0) is 0 Å². The van der Waals surface area contributed by atoms with Crippen molar-refractivity contribution < 1.29 is 14.3 Å². The molecular formula is C5H8FNO2. The Hall–Kier alpha value is -0.640. The van der Waals surface area contributed by atoms with E-state index < -0.39 is 18.2 Å². The van der Waals surface area contributed by atoms with Crippen LogP contribution in [0.15, 0.2) is 0 Å². The normalized spacial score (nSPS) is 34.8. The molecule has 1 aliphatic rings. The minimum Gasteiger partial charge on any atom is -0.480 e. The third-order valence-electron chi connectivity index (χ3n) is 1.38. The largest absolute Gasteiger partial charge is 0.480 e. The average Bonchev–Trinajstić information content (AvgIpc) is 2.14. The SMILES string of the molecule is O=C(O)C1C[C@H](F)CN1. The van der Waals surface area contributed by atoms with E-state index in [2.05, 4.69) is 5.32 Å². The van der Waals surface area contributed by atoms with Gasteiger partial charge in [0.25, 0.3) is 0 Å². The molecule has 0 saturated carbocycles. The summed E-state index contributed by atoms with van der Waals surface area (Å²) in [5.74, 6) is -0.963. The number of alkyl halides is 1. The van der Waals surface area contributed by atoms with Crippen LogP contribution in [0.25, 0.3) is 0 Å². The van der Waals surface area contributed by atoms with Gasteiger partial charge < -0.3 is 10.4 Å². The van der Waals surface area contributed by atoms with Crippen molar-refractivity contribution in [3.63, 3.8) is 0 Å². The van der Waals surface area contributed by atoms with Crippen LogP contribution in [0.2, 0.25) is 0 Å². The van der Waals surface area contributed by atoms with Gasteiger partial charge in [-0.25, -0.2) is 4.39 Å². The summed E-state index contributed by atoms with van der Waals surface area (Å²) in [7, 11) is 0. The second-order valence-electron chi connectivity index (χ2n) is 2.13. The molecule has 2 atom stereocenters. The second kappa shape index (κ2) is 2.31. The molecular weight excluding hydrogens is 125 g/mol. The van der Waals surface area contributed by atoms with E-state index >= 15 is 0 Å². The molecule has 0 aromatic heterocycles. The third kappa shape index (κ3) is 1.38. The predicted octanol–water partition coefficient (Wildman–Crippen LogP) is -0.229. The lowest BCUT2D eigenvalue weighted by atomic mass is 10.2. The van der Waals surface area contributed by atoms with Gasteiger partial charge in [-0.3, -0.25) is 4.79 Å². The maximum atomic E-state index is 12.2. The topological polar surface area (TPSA) is 49.3 Å². The molecule has 1 heterocycles. The van der Waals surface area contributed by atoms with Gasteiger partial charge in [-0.1, -0.05) is 0 Å². The fourth-order valence-corrected chi connectivity index (χ4v) is 0.881. The molecule has 3 nitrogen and oxygen atoms in total. The molecule has 1 fully saturated rings. The Labute approximate surface area is 51.9 Å². The number of carbonyl (C=O) groups is 1. The first-order valence-electron chi connectivity index (χ1n) is 2.80. The van der Waals surface area contributed by atoms with Crippen molar-refractivity contribution in [3.8, 4) is 0 Å². The highest BCUT2D eigenvalue weighted by molar-refractivity contribution is 5.73. The highest BCUT2D eigenvalue weighted by atomic mass is 19.1. The molecule has 1 rings (SSSR count). The number of carboxylic acids is 1. The van der Waals surface area contributed by atoms with Crippen molar-refractivity contribution in [1.82, 2.24) is 5.32 Å². The summed E-state index contributed by atoms with van der Waals surface area (Å²) in [4.78, 5) is 10.1. The lowest BCUT2D eigenvalue weighted by molar-refractivity contribution is -0.139. The van der Waals surface area contributed by atoms with E-state index in [9.17, 15) is 9.18 Å². The Morgan fingerprint density at radius 2 is 2.44 bits per heavy atom. The zero-order chi connectivity index (χ0) is 6.85. The number of nitrogens with one attached hydrogen (secondary N) is 1. The standard InChI is InChI=1S/C5H8FNO2/c6-3-1-4(5(8)9)7-2-3/h3-4,7H,1-2H2,(H,8,9)/t3-,4?/m0/s1. The number of carboxylic acid groups (broad SMARTS) is 1. The van der Waals surface area contributed by atoms with Gasteiger partial charge in [-0.2, -0.15) is 0 Å². The molecule has 1 aliphatic heterocycles. The van der Waals surface area contributed by atoms with E-state index in [1.54, 1.807) is 0 Å². The molecule has 0 aromatic rings. The number of hydrogen-bond donors (Lipinski definition) is 2. The van der Waals surface area contributed by atoms with Gasteiger partial charge in [0.15, 0.2) is 0 Å². The summed E-state index contributed by atoms with van der Waals surface area (Å²) in [6, 6.07) is -0.667. The zero-order valence-electron chi connectivity index (χ0n) is 4.80. The molecule has 0 spiro atoms. The van der Waals surface area contributed by atoms with Crippen LogP contribution in [-0.2, 0) is 4.79 Å². The Kier molecular flexibility index (Phi) is 1.66. The molecule has 52 valence electrons. The Balaban J connectivity index is 2.39. The van der Waals surface area contributed by atoms with Crippen LogP contribution in [0.1, 0.15) is 6.42 Å². The van der Waals surface area contributed by atoms with Gasteiger partial charge >= 0.3 is 5.97 Å². The molecule has 0 aliphatic carbocycles. The van der Waals surface area contributed by atoms with Crippen molar-refractivity contribution in [2.24, 2.45) is 0 Å². The Bertz CT molecular complexity index is 128. The first-order chi connectivity index (χ1) is 4.20. The van der Waals surface area contributed by atoms with Crippen LogP contribution in [0.5, 0.6) is 0 Å². The molecule has 0 aromatic carbocycles. The maximum absolute atomic E-state index is 12.2. The maximum Gasteiger partial charge on any atom is 0.320 e. The van der Waals surface area contributed by atoms with Gasteiger partial charge in [0.1, 0.15) is 12.2 Å². The molecule has 1 saturated heterocycles. The minimum absolute atomic E-state index is 0.106. The highest BCUT2D eigenvalue weighted by Crippen LogP contribution is 2.09. The summed E-state index contributed by atoms with van der Waals surface area (Å²) in [6.45, 7) is 0.178. The first-order valence-corrected chi connectivity index (χ1v) is 2.80. The van der Waals surface area contributed by atoms with Gasteiger partial charge in [0.2, 0.25) is 0 Å². The first kappa shape index (κ1) is 6.48. The van der Waals surface area contributed by atoms with Crippen molar-refractivity contribution in [1.29, 1.82) is 0 Å². The Morgan fingerprint density at radius 3 is 2.67 bits per heavy atom. The van der Waals surface area contributed by atoms with E-state index in [-0.39, 0.29) is 13.0 Å². The molecule has 0 amide bonds. The van der Waals surface area contributed by atoms with E-state index in [1.165, 1.54) is 0 Å². The van der Waals surface area contributed by atoms with E-state index in [0.29, 0.717) is 0 Å². The lowest BCUT2D eigenvalue weighted by Crippen LogP contribution is -2.29. The molecule has 1 unspecified atom stereocenters. The quantitative estimate of drug-likeness (QED) is 0.519. The van der Waals surface area contributed by atoms with E-state index in [1.807, 2.05) is 0 Å². The number of halogens is 1. The van der Waals surface area contributed by atoms with Crippen molar-refractivity contribution in [2.45, 2.75) is 18.6 Å². The fourth-order valence-electron chi connectivity index (χ4n) is 0.881. The van der Waals surface area contributed by atoms with Crippen LogP contribution >= 0.6 is 0 Å². The van der Waals surface area contributed by atoms with Crippen molar-refractivity contribution in [3.05, 3.63) is 0 Å². The monoisotopic (exact) mass is 133 g/mol. The van der Waals surface area contributed by atoms with Crippen molar-refractivity contribution >= 4 is 5.97 Å². The minimum atomic E-state index is -0.980. The summed E-state index contributed by atoms with van der Waals surface area (Å²) < 4.78 is 12.2. The molecule has 0 bridgehead atoms. The second-order valence-corrected chi connectivity index (χ2v) is 2.13. The van der Waals surface area contributed by atoms with Crippen LogP contribution in [0.4, 0.5) is 4.39 Å². The number of hydrogen-bond acceptors (Lipinski definition) is 2. The van der Waals surface area contributed by atoms with Crippen molar-refractivity contribution in [2.75, 3.05) is 6.54 Å². The van der Waals surface area contributed by atoms with Crippen LogP contribution in [0.3, 0.4) is 0 Å². The number of aliphatic carboxylic acids is 1. The summed E-state index contributed by atoms with van der Waals surface area (Å²) in [5.41, 5.74) is 0. The summed E-state index contributed by atoms with van der Waals surface area (Å²) in [6.07, 6.45) is -0.874. The highest BCUT2D eigenvalue weighted by Gasteiger charge is 2.28. The summed E-state index contributed by atoms with van der Waals surface area (Å²) >= 11 is 0.